The Hall–Kier alpha value is -2.22. The number of rotatable bonds is 7. The van der Waals surface area contributed by atoms with E-state index >= 15 is 0 Å². The summed E-state index contributed by atoms with van der Waals surface area (Å²) in [5.41, 5.74) is 1.68. The van der Waals surface area contributed by atoms with E-state index in [1.807, 2.05) is 6.07 Å². The van der Waals surface area contributed by atoms with E-state index in [9.17, 15) is 0 Å². The van der Waals surface area contributed by atoms with Crippen LogP contribution in [0.1, 0.15) is 11.1 Å². The Labute approximate surface area is 164 Å². The molecule has 0 radical (unpaired) electrons. The minimum atomic E-state index is 0.296. The van der Waals surface area contributed by atoms with Crippen molar-refractivity contribution in [1.82, 2.24) is 20.6 Å². The number of tetrazole rings is 1. The molecule has 0 aliphatic heterocycles. The van der Waals surface area contributed by atoms with E-state index in [-0.39, 0.29) is 0 Å². The van der Waals surface area contributed by atoms with Gasteiger partial charge in [0.1, 0.15) is 6.61 Å². The standard InChI is InChI=1S/C16H14Cl3N5O2/c1-25-14-5-10(7-20-16-21-23-24-22-16)12(18)6-15(14)26-8-9-2-3-11(17)13(19)4-9/h2-6H,7-8H2,1H3,(H2,20,21,22,23,24). The number of benzene rings is 2. The van der Waals surface area contributed by atoms with Gasteiger partial charge in [0, 0.05) is 17.6 Å². The summed E-state index contributed by atoms with van der Waals surface area (Å²) in [6.45, 7) is 0.700. The van der Waals surface area contributed by atoms with Gasteiger partial charge in [0.05, 0.1) is 17.2 Å². The van der Waals surface area contributed by atoms with Crippen LogP contribution in [0, 0.1) is 0 Å². The number of nitrogens with one attached hydrogen (secondary N) is 2. The van der Waals surface area contributed by atoms with Gasteiger partial charge in [-0.2, -0.15) is 5.21 Å². The maximum absolute atomic E-state index is 6.35. The van der Waals surface area contributed by atoms with Gasteiger partial charge in [-0.3, -0.25) is 0 Å². The van der Waals surface area contributed by atoms with Crippen LogP contribution in [-0.2, 0) is 13.2 Å². The topological polar surface area (TPSA) is 85.0 Å². The lowest BCUT2D eigenvalue weighted by Gasteiger charge is -2.14. The molecule has 2 N–H and O–H groups in total. The first-order valence-corrected chi connectivity index (χ1v) is 8.60. The fourth-order valence-corrected chi connectivity index (χ4v) is 2.73. The summed E-state index contributed by atoms with van der Waals surface area (Å²) in [6, 6.07) is 8.80. The predicted octanol–water partition coefficient (Wildman–Crippen LogP) is 4.36. The van der Waals surface area contributed by atoms with Crippen LogP contribution in [0.3, 0.4) is 0 Å². The number of H-pyrrole nitrogens is 1. The van der Waals surface area contributed by atoms with Crippen LogP contribution in [-0.4, -0.2) is 27.7 Å². The molecule has 0 aliphatic carbocycles. The van der Waals surface area contributed by atoms with Crippen molar-refractivity contribution < 1.29 is 9.47 Å². The van der Waals surface area contributed by atoms with Gasteiger partial charge < -0.3 is 14.8 Å². The largest absolute Gasteiger partial charge is 0.493 e. The second-order valence-corrected chi connectivity index (χ2v) is 6.44. The van der Waals surface area contributed by atoms with Crippen molar-refractivity contribution in [2.24, 2.45) is 0 Å². The molecule has 0 saturated heterocycles. The quantitative estimate of drug-likeness (QED) is 0.597. The summed E-state index contributed by atoms with van der Waals surface area (Å²) in [7, 11) is 1.56. The fourth-order valence-electron chi connectivity index (χ4n) is 2.19. The third-order valence-electron chi connectivity index (χ3n) is 3.49. The number of anilines is 1. The van der Waals surface area contributed by atoms with Crippen LogP contribution < -0.4 is 14.8 Å². The van der Waals surface area contributed by atoms with Gasteiger partial charge in [0.2, 0.25) is 0 Å². The third kappa shape index (κ3) is 4.49. The Kier molecular flexibility index (Phi) is 6.03. The molecule has 10 heteroatoms. The van der Waals surface area contributed by atoms with Gasteiger partial charge in [-0.15, -0.1) is 5.10 Å². The Bertz CT molecular complexity index is 890. The molecule has 0 fully saturated rings. The molecule has 7 nitrogen and oxygen atoms in total. The number of hydrogen-bond acceptors (Lipinski definition) is 6. The van der Waals surface area contributed by atoms with E-state index in [2.05, 4.69) is 25.9 Å². The van der Waals surface area contributed by atoms with Crippen molar-refractivity contribution in [3.05, 3.63) is 56.5 Å². The lowest BCUT2D eigenvalue weighted by atomic mass is 10.2. The van der Waals surface area contributed by atoms with Crippen LogP contribution in [0.2, 0.25) is 15.1 Å². The van der Waals surface area contributed by atoms with E-state index < -0.39 is 0 Å². The van der Waals surface area contributed by atoms with Crippen LogP contribution in [0.15, 0.2) is 30.3 Å². The van der Waals surface area contributed by atoms with Gasteiger partial charge in [0.15, 0.2) is 11.5 Å². The maximum atomic E-state index is 6.35. The average molecular weight is 415 g/mol. The molecule has 3 rings (SSSR count). The monoisotopic (exact) mass is 413 g/mol. The van der Waals surface area contributed by atoms with Gasteiger partial charge in [-0.05, 0) is 34.5 Å². The summed E-state index contributed by atoms with van der Waals surface area (Å²) in [5, 5.41) is 18.0. The van der Waals surface area contributed by atoms with Crippen molar-refractivity contribution >= 4 is 40.8 Å². The van der Waals surface area contributed by atoms with E-state index in [0.29, 0.717) is 45.7 Å². The first-order chi connectivity index (χ1) is 12.6. The minimum Gasteiger partial charge on any atom is -0.493 e. The van der Waals surface area contributed by atoms with Gasteiger partial charge >= 0.3 is 0 Å². The van der Waals surface area contributed by atoms with Crippen molar-refractivity contribution in [3.8, 4) is 11.5 Å². The lowest BCUT2D eigenvalue weighted by Crippen LogP contribution is -2.04. The van der Waals surface area contributed by atoms with E-state index in [1.165, 1.54) is 0 Å². The highest BCUT2D eigenvalue weighted by atomic mass is 35.5. The second kappa shape index (κ2) is 8.44. The fraction of sp³-hybridized carbons (Fsp3) is 0.188. The molecule has 3 aromatic rings. The highest BCUT2D eigenvalue weighted by molar-refractivity contribution is 6.42. The first-order valence-electron chi connectivity index (χ1n) is 7.47. The van der Waals surface area contributed by atoms with Gasteiger partial charge in [0.25, 0.3) is 5.95 Å². The smallest absolute Gasteiger partial charge is 0.263 e. The second-order valence-electron chi connectivity index (χ2n) is 5.22. The number of aromatic amines is 1. The normalized spacial score (nSPS) is 10.6. The summed E-state index contributed by atoms with van der Waals surface area (Å²) in [5.74, 6) is 1.45. The molecule has 0 saturated carbocycles. The summed E-state index contributed by atoms with van der Waals surface area (Å²) in [4.78, 5) is 0. The summed E-state index contributed by atoms with van der Waals surface area (Å²) < 4.78 is 11.2. The van der Waals surface area contributed by atoms with Crippen molar-refractivity contribution in [1.29, 1.82) is 0 Å². The molecule has 1 aromatic heterocycles. The summed E-state index contributed by atoms with van der Waals surface area (Å²) >= 11 is 18.3. The van der Waals surface area contributed by atoms with Crippen LogP contribution in [0.5, 0.6) is 11.5 Å². The average Bonchev–Trinajstić information content (AvgIpc) is 3.15. The van der Waals surface area contributed by atoms with Crippen LogP contribution in [0.4, 0.5) is 5.95 Å². The van der Waals surface area contributed by atoms with E-state index in [4.69, 9.17) is 44.3 Å². The highest BCUT2D eigenvalue weighted by Gasteiger charge is 2.12. The highest BCUT2D eigenvalue weighted by Crippen LogP contribution is 2.34. The third-order valence-corrected chi connectivity index (χ3v) is 4.58. The Morgan fingerprint density at radius 2 is 1.88 bits per heavy atom. The van der Waals surface area contributed by atoms with Gasteiger partial charge in [-0.1, -0.05) is 46.0 Å². The number of ether oxygens (including phenoxy) is 2. The minimum absolute atomic E-state index is 0.296. The number of aromatic nitrogens is 4. The summed E-state index contributed by atoms with van der Waals surface area (Å²) in [6.07, 6.45) is 0. The molecule has 0 amide bonds. The molecule has 136 valence electrons. The zero-order valence-corrected chi connectivity index (χ0v) is 15.9. The number of nitrogens with zero attached hydrogens (tertiary/aromatic N) is 3. The number of methoxy groups -OCH3 is 1. The first kappa shape index (κ1) is 18.6. The van der Waals surface area contributed by atoms with Crippen LogP contribution >= 0.6 is 34.8 Å². The van der Waals surface area contributed by atoms with Crippen molar-refractivity contribution in [2.75, 3.05) is 12.4 Å². The van der Waals surface area contributed by atoms with E-state index in [0.717, 1.165) is 11.1 Å². The Balaban J connectivity index is 1.72. The predicted molar refractivity (Wildman–Crippen MR) is 100 cm³/mol. The lowest BCUT2D eigenvalue weighted by molar-refractivity contribution is 0.284. The van der Waals surface area contributed by atoms with Gasteiger partial charge in [-0.25, -0.2) is 0 Å². The molecule has 0 atom stereocenters. The van der Waals surface area contributed by atoms with Crippen molar-refractivity contribution in [2.45, 2.75) is 13.2 Å². The SMILES string of the molecule is COc1cc(CNc2nn[nH]n2)c(Cl)cc1OCc1ccc(Cl)c(Cl)c1. The molecule has 0 bridgehead atoms. The molecular formula is C16H14Cl3N5O2. The molecule has 26 heavy (non-hydrogen) atoms. The number of halogens is 3. The molecule has 1 heterocycles. The molecular weight excluding hydrogens is 401 g/mol. The number of hydrogen-bond donors (Lipinski definition) is 2. The van der Waals surface area contributed by atoms with E-state index in [1.54, 1.807) is 31.4 Å². The van der Waals surface area contributed by atoms with Crippen molar-refractivity contribution in [3.63, 3.8) is 0 Å². The molecule has 2 aromatic carbocycles. The Morgan fingerprint density at radius 1 is 1.04 bits per heavy atom. The maximum Gasteiger partial charge on any atom is 0.263 e. The molecule has 0 aliphatic rings. The zero-order chi connectivity index (χ0) is 18.5. The molecule has 0 spiro atoms. The van der Waals surface area contributed by atoms with Crippen LogP contribution in [0.25, 0.3) is 0 Å². The zero-order valence-electron chi connectivity index (χ0n) is 13.6. The molecule has 0 unspecified atom stereocenters. The Morgan fingerprint density at radius 3 is 2.58 bits per heavy atom.